The number of halogens is 2. The molecule has 2 amide bonds. The summed E-state index contributed by atoms with van der Waals surface area (Å²) in [4.78, 5) is 28.0. The van der Waals surface area contributed by atoms with Crippen LogP contribution in [0.1, 0.15) is 0 Å². The summed E-state index contributed by atoms with van der Waals surface area (Å²) in [6, 6.07) is 13.6. The van der Waals surface area contributed by atoms with Crippen LogP contribution >= 0.6 is 23.2 Å². The molecule has 6 nitrogen and oxygen atoms in total. The first-order chi connectivity index (χ1) is 13.0. The van der Waals surface area contributed by atoms with Crippen LogP contribution in [0.2, 0.25) is 10.0 Å². The number of nitrogens with zero attached hydrogens (tertiary/aromatic N) is 1. The number of carbonyl (C=O) groups is 2. The van der Waals surface area contributed by atoms with E-state index in [1.807, 2.05) is 6.07 Å². The Hall–Kier alpha value is -2.83. The number of aromatic nitrogens is 1. The standard InChI is InChI=1S/C19H15Cl2N3O3/c20-12-3-5-13(6-4-12)24-17(25)10-23-18(26)11-27-16-8-7-15(21)14-2-1-9-22-19(14)16/h1-9H,10-11H2,(H,23,26)(H,24,25). The van der Waals surface area contributed by atoms with Gasteiger partial charge in [0, 0.05) is 22.3 Å². The predicted octanol–water partition coefficient (Wildman–Crippen LogP) is 3.68. The first kappa shape index (κ1) is 18.9. The van der Waals surface area contributed by atoms with Crippen molar-refractivity contribution >= 4 is 51.6 Å². The lowest BCUT2D eigenvalue weighted by Crippen LogP contribution is -2.35. The zero-order chi connectivity index (χ0) is 19.2. The van der Waals surface area contributed by atoms with Gasteiger partial charge in [0.2, 0.25) is 5.91 Å². The van der Waals surface area contributed by atoms with Crippen LogP contribution in [0.3, 0.4) is 0 Å². The minimum atomic E-state index is -0.430. The molecule has 2 aromatic carbocycles. The van der Waals surface area contributed by atoms with E-state index in [4.69, 9.17) is 27.9 Å². The molecule has 0 spiro atoms. The third kappa shape index (κ3) is 5.09. The number of nitrogens with one attached hydrogen (secondary N) is 2. The Morgan fingerprint density at radius 2 is 1.78 bits per heavy atom. The lowest BCUT2D eigenvalue weighted by molar-refractivity contribution is -0.125. The van der Waals surface area contributed by atoms with Crippen molar-refractivity contribution in [3.8, 4) is 5.75 Å². The van der Waals surface area contributed by atoms with Gasteiger partial charge in [-0.05, 0) is 48.5 Å². The quantitative estimate of drug-likeness (QED) is 0.657. The molecule has 2 N–H and O–H groups in total. The summed E-state index contributed by atoms with van der Waals surface area (Å²) >= 11 is 11.9. The molecule has 0 fully saturated rings. The molecule has 0 saturated carbocycles. The molecule has 0 aliphatic heterocycles. The zero-order valence-electron chi connectivity index (χ0n) is 14.0. The van der Waals surface area contributed by atoms with Crippen molar-refractivity contribution in [1.82, 2.24) is 10.3 Å². The molecule has 0 radical (unpaired) electrons. The van der Waals surface area contributed by atoms with Gasteiger partial charge in [-0.15, -0.1) is 0 Å². The predicted molar refractivity (Wildman–Crippen MR) is 105 cm³/mol. The second kappa shape index (κ2) is 8.70. The lowest BCUT2D eigenvalue weighted by atomic mass is 10.2. The Bertz CT molecular complexity index is 978. The van der Waals surface area contributed by atoms with Gasteiger partial charge in [-0.1, -0.05) is 23.2 Å². The largest absolute Gasteiger partial charge is 0.481 e. The summed E-state index contributed by atoms with van der Waals surface area (Å²) in [5, 5.41) is 7.00. The van der Waals surface area contributed by atoms with E-state index in [9.17, 15) is 9.59 Å². The number of hydrogen-bond donors (Lipinski definition) is 2. The highest BCUT2D eigenvalue weighted by atomic mass is 35.5. The zero-order valence-corrected chi connectivity index (χ0v) is 15.6. The fourth-order valence-corrected chi connectivity index (χ4v) is 2.68. The number of benzene rings is 2. The molecule has 0 bridgehead atoms. The molecule has 0 unspecified atom stereocenters. The third-order valence-corrected chi connectivity index (χ3v) is 4.19. The van der Waals surface area contributed by atoms with Crippen LogP contribution in [0, 0.1) is 0 Å². The number of hydrogen-bond acceptors (Lipinski definition) is 4. The van der Waals surface area contributed by atoms with Gasteiger partial charge >= 0.3 is 0 Å². The van der Waals surface area contributed by atoms with Crippen molar-refractivity contribution in [3.63, 3.8) is 0 Å². The minimum absolute atomic E-state index is 0.176. The van der Waals surface area contributed by atoms with Crippen LogP contribution in [-0.2, 0) is 9.59 Å². The smallest absolute Gasteiger partial charge is 0.258 e. The second-order valence-electron chi connectivity index (χ2n) is 5.57. The van der Waals surface area contributed by atoms with Crippen molar-refractivity contribution in [2.45, 2.75) is 0 Å². The van der Waals surface area contributed by atoms with E-state index in [0.717, 1.165) is 5.39 Å². The van der Waals surface area contributed by atoms with E-state index in [1.54, 1.807) is 48.7 Å². The Labute approximate surface area is 165 Å². The van der Waals surface area contributed by atoms with E-state index in [2.05, 4.69) is 15.6 Å². The molecule has 3 rings (SSSR count). The van der Waals surface area contributed by atoms with Crippen LogP contribution in [0.25, 0.3) is 10.9 Å². The number of rotatable bonds is 6. The number of amides is 2. The maximum atomic E-state index is 11.9. The molecule has 0 saturated heterocycles. The van der Waals surface area contributed by atoms with Crippen molar-refractivity contribution in [2.24, 2.45) is 0 Å². The molecule has 0 aliphatic carbocycles. The Kier molecular flexibility index (Phi) is 6.11. The minimum Gasteiger partial charge on any atom is -0.481 e. The van der Waals surface area contributed by atoms with E-state index >= 15 is 0 Å². The number of pyridine rings is 1. The van der Waals surface area contributed by atoms with Crippen molar-refractivity contribution in [3.05, 3.63) is 64.8 Å². The molecule has 0 aliphatic rings. The topological polar surface area (TPSA) is 80.3 Å². The summed E-state index contributed by atoms with van der Waals surface area (Å²) in [6.45, 7) is -0.425. The monoisotopic (exact) mass is 403 g/mol. The number of anilines is 1. The van der Waals surface area contributed by atoms with Crippen molar-refractivity contribution < 1.29 is 14.3 Å². The maximum absolute atomic E-state index is 11.9. The summed E-state index contributed by atoms with van der Waals surface area (Å²) in [5.74, 6) is -0.347. The average molecular weight is 404 g/mol. The van der Waals surface area contributed by atoms with Gasteiger partial charge in [0.15, 0.2) is 6.61 Å². The number of ether oxygens (including phenoxy) is 1. The highest BCUT2D eigenvalue weighted by Crippen LogP contribution is 2.29. The van der Waals surface area contributed by atoms with Crippen molar-refractivity contribution in [1.29, 1.82) is 0 Å². The lowest BCUT2D eigenvalue weighted by Gasteiger charge is -2.10. The Balaban J connectivity index is 1.51. The van der Waals surface area contributed by atoms with Crippen LogP contribution < -0.4 is 15.4 Å². The maximum Gasteiger partial charge on any atom is 0.258 e. The normalized spacial score (nSPS) is 10.4. The van der Waals surface area contributed by atoms with E-state index in [1.165, 1.54) is 0 Å². The molecule has 8 heteroatoms. The summed E-state index contributed by atoms with van der Waals surface area (Å²) in [6.07, 6.45) is 1.62. The van der Waals surface area contributed by atoms with E-state index in [0.29, 0.717) is 27.0 Å². The molecule has 0 atom stereocenters. The summed E-state index contributed by atoms with van der Waals surface area (Å²) < 4.78 is 5.52. The molecule has 1 heterocycles. The molecule has 1 aromatic heterocycles. The van der Waals surface area contributed by atoms with Crippen LogP contribution in [0.15, 0.2) is 54.7 Å². The van der Waals surface area contributed by atoms with Crippen molar-refractivity contribution in [2.75, 3.05) is 18.5 Å². The molecular weight excluding hydrogens is 389 g/mol. The van der Waals surface area contributed by atoms with E-state index in [-0.39, 0.29) is 19.1 Å². The second-order valence-corrected chi connectivity index (χ2v) is 6.41. The third-order valence-electron chi connectivity index (χ3n) is 3.61. The van der Waals surface area contributed by atoms with Crippen LogP contribution in [0.4, 0.5) is 5.69 Å². The number of carbonyl (C=O) groups excluding carboxylic acids is 2. The first-order valence-corrected chi connectivity index (χ1v) is 8.76. The van der Waals surface area contributed by atoms with Gasteiger partial charge in [-0.3, -0.25) is 14.6 Å². The van der Waals surface area contributed by atoms with Gasteiger partial charge in [0.05, 0.1) is 11.6 Å². The molecule has 138 valence electrons. The SMILES string of the molecule is O=C(COc1ccc(Cl)c2cccnc12)NCC(=O)Nc1ccc(Cl)cc1. The molecule has 27 heavy (non-hydrogen) atoms. The number of fused-ring (bicyclic) bond motifs is 1. The highest BCUT2D eigenvalue weighted by Gasteiger charge is 2.10. The summed E-state index contributed by atoms with van der Waals surface area (Å²) in [5.41, 5.74) is 1.16. The van der Waals surface area contributed by atoms with Gasteiger partial charge in [-0.25, -0.2) is 0 Å². The summed E-state index contributed by atoms with van der Waals surface area (Å²) in [7, 11) is 0. The molecule has 3 aromatic rings. The van der Waals surface area contributed by atoms with Crippen LogP contribution in [0.5, 0.6) is 5.75 Å². The molecular formula is C19H15Cl2N3O3. The van der Waals surface area contributed by atoms with E-state index < -0.39 is 5.91 Å². The van der Waals surface area contributed by atoms with Gasteiger partial charge < -0.3 is 15.4 Å². The fourth-order valence-electron chi connectivity index (χ4n) is 2.34. The fraction of sp³-hybridized carbons (Fsp3) is 0.105. The van der Waals surface area contributed by atoms with Crippen LogP contribution in [-0.4, -0.2) is 29.9 Å². The first-order valence-electron chi connectivity index (χ1n) is 8.01. The van der Waals surface area contributed by atoms with Gasteiger partial charge in [-0.2, -0.15) is 0 Å². The van der Waals surface area contributed by atoms with Gasteiger partial charge in [0.1, 0.15) is 11.3 Å². The Morgan fingerprint density at radius 1 is 1.00 bits per heavy atom. The average Bonchev–Trinajstić information content (AvgIpc) is 2.68. The Morgan fingerprint density at radius 3 is 2.56 bits per heavy atom. The van der Waals surface area contributed by atoms with Gasteiger partial charge in [0.25, 0.3) is 5.91 Å². The highest BCUT2D eigenvalue weighted by molar-refractivity contribution is 6.35.